The standard InChI is InChI=1S/C12H16BrNO4S/c1-3-18-12(15)8-11(13)14-19(16,17)10-6-4-9(2)5-7-10/h4-7,11,14H,3,8H2,1-2H3. The average molecular weight is 350 g/mol. The van der Waals surface area contributed by atoms with Gasteiger partial charge in [-0.05, 0) is 26.0 Å². The molecule has 0 bridgehead atoms. The van der Waals surface area contributed by atoms with Gasteiger partial charge < -0.3 is 4.74 Å². The molecule has 7 heteroatoms. The van der Waals surface area contributed by atoms with E-state index in [9.17, 15) is 13.2 Å². The van der Waals surface area contributed by atoms with Crippen LogP contribution in [0, 0.1) is 6.92 Å². The molecule has 1 aromatic carbocycles. The van der Waals surface area contributed by atoms with E-state index in [1.54, 1.807) is 19.1 Å². The Morgan fingerprint density at radius 3 is 2.47 bits per heavy atom. The van der Waals surface area contributed by atoms with Crippen LogP contribution < -0.4 is 4.72 Å². The number of benzene rings is 1. The molecule has 0 saturated heterocycles. The van der Waals surface area contributed by atoms with Crippen molar-refractivity contribution in [1.29, 1.82) is 0 Å². The Morgan fingerprint density at radius 2 is 1.95 bits per heavy atom. The van der Waals surface area contributed by atoms with Crippen LogP contribution in [0.3, 0.4) is 0 Å². The minimum Gasteiger partial charge on any atom is -0.466 e. The fourth-order valence-electron chi connectivity index (χ4n) is 1.36. The van der Waals surface area contributed by atoms with Gasteiger partial charge in [0, 0.05) is 0 Å². The number of nitrogens with one attached hydrogen (secondary N) is 1. The van der Waals surface area contributed by atoms with Gasteiger partial charge in [0.05, 0.1) is 22.9 Å². The van der Waals surface area contributed by atoms with E-state index in [0.29, 0.717) is 0 Å². The number of rotatable bonds is 6. The zero-order chi connectivity index (χ0) is 14.5. The van der Waals surface area contributed by atoms with E-state index in [2.05, 4.69) is 20.7 Å². The molecule has 0 radical (unpaired) electrons. The summed E-state index contributed by atoms with van der Waals surface area (Å²) in [4.78, 5) is 10.7. The molecule has 106 valence electrons. The largest absolute Gasteiger partial charge is 0.466 e. The molecule has 0 aliphatic carbocycles. The predicted octanol–water partition coefficient (Wildman–Crippen LogP) is 1.95. The summed E-state index contributed by atoms with van der Waals surface area (Å²) in [5, 5.41) is 0. The molecule has 1 N–H and O–H groups in total. The normalized spacial score (nSPS) is 13.0. The Hall–Kier alpha value is -0.920. The molecular weight excluding hydrogens is 334 g/mol. The van der Waals surface area contributed by atoms with Crippen molar-refractivity contribution in [2.75, 3.05) is 6.61 Å². The molecule has 0 aliphatic heterocycles. The number of aryl methyl sites for hydroxylation is 1. The smallest absolute Gasteiger partial charge is 0.308 e. The third kappa shape index (κ3) is 5.30. The second kappa shape index (κ2) is 7.02. The summed E-state index contributed by atoms with van der Waals surface area (Å²) in [7, 11) is -3.64. The first-order chi connectivity index (χ1) is 8.85. The Kier molecular flexibility index (Phi) is 5.96. The van der Waals surface area contributed by atoms with Crippen LogP contribution in [-0.4, -0.2) is 25.9 Å². The quantitative estimate of drug-likeness (QED) is 0.484. The van der Waals surface area contributed by atoms with Gasteiger partial charge in [0.25, 0.3) is 0 Å². The van der Waals surface area contributed by atoms with E-state index in [1.807, 2.05) is 6.92 Å². The zero-order valence-electron chi connectivity index (χ0n) is 10.7. The molecule has 0 aromatic heterocycles. The van der Waals surface area contributed by atoms with Gasteiger partial charge in [0.15, 0.2) is 0 Å². The Bertz CT molecular complexity index is 527. The predicted molar refractivity (Wildman–Crippen MR) is 75.5 cm³/mol. The lowest BCUT2D eigenvalue weighted by Gasteiger charge is -2.12. The highest BCUT2D eigenvalue weighted by Crippen LogP contribution is 2.13. The lowest BCUT2D eigenvalue weighted by molar-refractivity contribution is -0.143. The molecule has 0 saturated carbocycles. The van der Waals surface area contributed by atoms with Gasteiger partial charge >= 0.3 is 5.97 Å². The summed E-state index contributed by atoms with van der Waals surface area (Å²) in [6.07, 6.45) is -0.0705. The monoisotopic (exact) mass is 349 g/mol. The number of ether oxygens (including phenoxy) is 1. The highest BCUT2D eigenvalue weighted by molar-refractivity contribution is 9.09. The Labute approximate surface area is 121 Å². The Morgan fingerprint density at radius 1 is 1.37 bits per heavy atom. The number of hydrogen-bond acceptors (Lipinski definition) is 4. The van der Waals surface area contributed by atoms with E-state index in [1.165, 1.54) is 12.1 Å². The van der Waals surface area contributed by atoms with Gasteiger partial charge in [0.1, 0.15) is 0 Å². The van der Waals surface area contributed by atoms with Crippen LogP contribution in [0.25, 0.3) is 0 Å². The maximum atomic E-state index is 12.0. The minimum atomic E-state index is -3.64. The molecule has 0 aliphatic rings. The molecule has 0 fully saturated rings. The number of carbonyl (C=O) groups is 1. The van der Waals surface area contributed by atoms with E-state index < -0.39 is 20.9 Å². The van der Waals surface area contributed by atoms with Crippen LogP contribution in [0.5, 0.6) is 0 Å². The summed E-state index contributed by atoms with van der Waals surface area (Å²) in [6, 6.07) is 6.45. The summed E-state index contributed by atoms with van der Waals surface area (Å²) < 4.78 is 31.1. The highest BCUT2D eigenvalue weighted by Gasteiger charge is 2.20. The molecule has 0 heterocycles. The van der Waals surface area contributed by atoms with Crippen molar-refractivity contribution >= 4 is 31.9 Å². The minimum absolute atomic E-state index is 0.0705. The molecule has 0 spiro atoms. The second-order valence-electron chi connectivity index (χ2n) is 3.91. The summed E-state index contributed by atoms with van der Waals surface area (Å²) >= 11 is 3.10. The van der Waals surface area contributed by atoms with Crippen LogP contribution in [0.2, 0.25) is 0 Å². The van der Waals surface area contributed by atoms with Gasteiger partial charge in [-0.2, -0.15) is 4.72 Å². The van der Waals surface area contributed by atoms with Crippen LogP contribution in [-0.2, 0) is 19.6 Å². The molecule has 1 rings (SSSR count). The topological polar surface area (TPSA) is 72.5 Å². The van der Waals surface area contributed by atoms with Crippen molar-refractivity contribution in [3.05, 3.63) is 29.8 Å². The number of sulfonamides is 1. The maximum Gasteiger partial charge on any atom is 0.308 e. The van der Waals surface area contributed by atoms with Crippen molar-refractivity contribution < 1.29 is 17.9 Å². The van der Waals surface area contributed by atoms with Crippen LogP contribution >= 0.6 is 15.9 Å². The van der Waals surface area contributed by atoms with Crippen molar-refractivity contribution in [1.82, 2.24) is 4.72 Å². The van der Waals surface area contributed by atoms with Crippen LogP contribution in [0.15, 0.2) is 29.2 Å². The molecule has 0 amide bonds. The first kappa shape index (κ1) is 16.1. The molecular formula is C12H16BrNO4S. The summed E-state index contributed by atoms with van der Waals surface area (Å²) in [5.41, 5.74) is 0.973. The number of halogens is 1. The van der Waals surface area contributed by atoms with E-state index in [0.717, 1.165) is 5.56 Å². The zero-order valence-corrected chi connectivity index (χ0v) is 13.1. The summed E-state index contributed by atoms with van der Waals surface area (Å²) in [5.74, 6) is -0.462. The van der Waals surface area contributed by atoms with Crippen molar-refractivity contribution in [3.63, 3.8) is 0 Å². The first-order valence-corrected chi connectivity index (χ1v) is 8.13. The average Bonchev–Trinajstić information content (AvgIpc) is 2.28. The van der Waals surface area contributed by atoms with E-state index in [-0.39, 0.29) is 17.9 Å². The van der Waals surface area contributed by atoms with Gasteiger partial charge in [-0.15, -0.1) is 0 Å². The third-order valence-corrected chi connectivity index (χ3v) is 4.61. The van der Waals surface area contributed by atoms with Crippen molar-refractivity contribution in [3.8, 4) is 0 Å². The number of alkyl halides is 1. The molecule has 1 aromatic rings. The fourth-order valence-corrected chi connectivity index (χ4v) is 3.41. The lowest BCUT2D eigenvalue weighted by atomic mass is 10.2. The van der Waals surface area contributed by atoms with E-state index in [4.69, 9.17) is 4.74 Å². The van der Waals surface area contributed by atoms with Crippen molar-refractivity contribution in [2.45, 2.75) is 30.1 Å². The number of esters is 1. The van der Waals surface area contributed by atoms with Crippen LogP contribution in [0.1, 0.15) is 18.9 Å². The fraction of sp³-hybridized carbons (Fsp3) is 0.417. The van der Waals surface area contributed by atoms with Gasteiger partial charge in [0.2, 0.25) is 10.0 Å². The van der Waals surface area contributed by atoms with Crippen molar-refractivity contribution in [2.24, 2.45) is 0 Å². The lowest BCUT2D eigenvalue weighted by Crippen LogP contribution is -2.32. The van der Waals surface area contributed by atoms with Gasteiger partial charge in [-0.1, -0.05) is 33.6 Å². The number of carbonyl (C=O) groups excluding carboxylic acids is 1. The maximum absolute atomic E-state index is 12.0. The van der Waals surface area contributed by atoms with Gasteiger partial charge in [-0.25, -0.2) is 8.42 Å². The van der Waals surface area contributed by atoms with E-state index >= 15 is 0 Å². The molecule has 19 heavy (non-hydrogen) atoms. The molecule has 5 nitrogen and oxygen atoms in total. The van der Waals surface area contributed by atoms with Gasteiger partial charge in [-0.3, -0.25) is 4.79 Å². The second-order valence-corrected chi connectivity index (χ2v) is 6.73. The first-order valence-electron chi connectivity index (χ1n) is 5.74. The summed E-state index contributed by atoms with van der Waals surface area (Å²) in [6.45, 7) is 3.83. The highest BCUT2D eigenvalue weighted by atomic mass is 79.9. The SMILES string of the molecule is CCOC(=O)CC(Br)NS(=O)(=O)c1ccc(C)cc1. The molecule has 1 atom stereocenters. The van der Waals surface area contributed by atoms with Crippen LogP contribution in [0.4, 0.5) is 0 Å². The third-order valence-electron chi connectivity index (χ3n) is 2.27. The number of hydrogen-bond donors (Lipinski definition) is 1. The Balaban J connectivity index is 2.69. The molecule has 1 unspecified atom stereocenters.